The lowest BCUT2D eigenvalue weighted by atomic mass is 10.1. The zero-order chi connectivity index (χ0) is 10.6. The fourth-order valence-electron chi connectivity index (χ4n) is 1.52. The average molecular weight is 196 g/mol. The minimum absolute atomic E-state index is 0.225. The van der Waals surface area contributed by atoms with Crippen LogP contribution in [0.4, 0.5) is 0 Å². The molecule has 0 aromatic carbocycles. The SMILES string of the molecule is CCCC(C)Cn1c(=O)cc[nH]c1=O. The Kier molecular flexibility index (Phi) is 3.68. The third-order valence-corrected chi connectivity index (χ3v) is 2.22. The van der Waals surface area contributed by atoms with E-state index in [1.54, 1.807) is 0 Å². The summed E-state index contributed by atoms with van der Waals surface area (Å²) < 4.78 is 1.25. The first kappa shape index (κ1) is 10.8. The van der Waals surface area contributed by atoms with Gasteiger partial charge in [-0.25, -0.2) is 4.79 Å². The van der Waals surface area contributed by atoms with Gasteiger partial charge in [-0.05, 0) is 12.3 Å². The standard InChI is InChI=1S/C10H16N2O2/c1-3-4-8(2)7-12-9(13)5-6-11-10(12)14/h5-6,8H,3-4,7H2,1-2H3,(H,11,14). The van der Waals surface area contributed by atoms with Crippen molar-refractivity contribution in [1.82, 2.24) is 9.55 Å². The van der Waals surface area contributed by atoms with Gasteiger partial charge >= 0.3 is 5.69 Å². The van der Waals surface area contributed by atoms with Crippen LogP contribution in [-0.4, -0.2) is 9.55 Å². The molecule has 0 aliphatic heterocycles. The Bertz CT molecular complexity index is 363. The molecule has 0 spiro atoms. The summed E-state index contributed by atoms with van der Waals surface area (Å²) in [5, 5.41) is 0. The van der Waals surface area contributed by atoms with Crippen LogP contribution in [0.15, 0.2) is 21.9 Å². The second kappa shape index (κ2) is 4.79. The quantitative estimate of drug-likeness (QED) is 0.780. The highest BCUT2D eigenvalue weighted by Crippen LogP contribution is 2.05. The topological polar surface area (TPSA) is 54.9 Å². The molecule has 4 nitrogen and oxygen atoms in total. The van der Waals surface area contributed by atoms with Gasteiger partial charge < -0.3 is 4.98 Å². The molecule has 4 heteroatoms. The number of aromatic nitrogens is 2. The van der Waals surface area contributed by atoms with Gasteiger partial charge in [-0.2, -0.15) is 0 Å². The number of nitrogens with one attached hydrogen (secondary N) is 1. The Labute approximate surface area is 82.6 Å². The van der Waals surface area contributed by atoms with Crippen LogP contribution in [0.3, 0.4) is 0 Å². The summed E-state index contributed by atoms with van der Waals surface area (Å²) in [6.45, 7) is 4.64. The van der Waals surface area contributed by atoms with E-state index in [1.165, 1.54) is 16.8 Å². The Hall–Kier alpha value is -1.32. The lowest BCUT2D eigenvalue weighted by Gasteiger charge is -2.10. The predicted octanol–water partition coefficient (Wildman–Crippen LogP) is 0.973. The summed E-state index contributed by atoms with van der Waals surface area (Å²) in [6, 6.07) is 1.38. The second-order valence-corrected chi connectivity index (χ2v) is 3.63. The molecule has 1 atom stereocenters. The van der Waals surface area contributed by atoms with E-state index in [0.29, 0.717) is 12.5 Å². The van der Waals surface area contributed by atoms with Crippen LogP contribution in [0.25, 0.3) is 0 Å². The fraction of sp³-hybridized carbons (Fsp3) is 0.600. The van der Waals surface area contributed by atoms with E-state index in [2.05, 4.69) is 11.9 Å². The van der Waals surface area contributed by atoms with Crippen molar-refractivity contribution in [2.75, 3.05) is 0 Å². The molecule has 0 fully saturated rings. The Morgan fingerprint density at radius 2 is 2.21 bits per heavy atom. The van der Waals surface area contributed by atoms with Gasteiger partial charge in [-0.15, -0.1) is 0 Å². The van der Waals surface area contributed by atoms with E-state index < -0.39 is 0 Å². The van der Waals surface area contributed by atoms with E-state index in [9.17, 15) is 9.59 Å². The van der Waals surface area contributed by atoms with Crippen molar-refractivity contribution in [3.63, 3.8) is 0 Å². The molecule has 1 aromatic heterocycles. The van der Waals surface area contributed by atoms with Gasteiger partial charge in [0.25, 0.3) is 5.56 Å². The highest BCUT2D eigenvalue weighted by molar-refractivity contribution is 4.83. The smallest absolute Gasteiger partial charge is 0.314 e. The molecule has 1 N–H and O–H groups in total. The highest BCUT2D eigenvalue weighted by Gasteiger charge is 2.05. The first-order valence-corrected chi connectivity index (χ1v) is 4.93. The molecule has 0 saturated heterocycles. The third kappa shape index (κ3) is 2.58. The lowest BCUT2D eigenvalue weighted by molar-refractivity contribution is 0.427. The van der Waals surface area contributed by atoms with Crippen LogP contribution in [-0.2, 0) is 6.54 Å². The van der Waals surface area contributed by atoms with Crippen molar-refractivity contribution >= 4 is 0 Å². The Balaban J connectivity index is 2.86. The van der Waals surface area contributed by atoms with Crippen molar-refractivity contribution in [3.05, 3.63) is 33.1 Å². The molecule has 0 aliphatic rings. The summed E-state index contributed by atoms with van der Waals surface area (Å²) in [4.78, 5) is 25.1. The number of aromatic amines is 1. The number of hydrogen-bond donors (Lipinski definition) is 1. The monoisotopic (exact) mass is 196 g/mol. The third-order valence-electron chi connectivity index (χ3n) is 2.22. The Morgan fingerprint density at radius 3 is 2.79 bits per heavy atom. The molecule has 0 saturated carbocycles. The number of rotatable bonds is 4. The first-order valence-electron chi connectivity index (χ1n) is 4.93. The lowest BCUT2D eigenvalue weighted by Crippen LogP contribution is -2.35. The molecule has 1 aromatic rings. The van der Waals surface area contributed by atoms with Crippen LogP contribution in [0.2, 0.25) is 0 Å². The van der Waals surface area contributed by atoms with Gasteiger partial charge in [-0.1, -0.05) is 20.3 Å². The fourth-order valence-corrected chi connectivity index (χ4v) is 1.52. The van der Waals surface area contributed by atoms with E-state index in [-0.39, 0.29) is 11.2 Å². The molecule has 0 radical (unpaired) electrons. The molecular formula is C10H16N2O2. The van der Waals surface area contributed by atoms with Gasteiger partial charge in [0.05, 0.1) is 0 Å². The molecule has 0 amide bonds. The summed E-state index contributed by atoms with van der Waals surface area (Å²) >= 11 is 0. The van der Waals surface area contributed by atoms with E-state index >= 15 is 0 Å². The molecule has 1 rings (SSSR count). The van der Waals surface area contributed by atoms with Crippen molar-refractivity contribution in [2.24, 2.45) is 5.92 Å². The molecule has 1 heterocycles. The average Bonchev–Trinajstić information content (AvgIpc) is 2.12. The minimum atomic E-state index is -0.319. The molecule has 78 valence electrons. The summed E-state index contributed by atoms with van der Waals surface area (Å²) in [5.41, 5.74) is -0.544. The molecule has 0 bridgehead atoms. The van der Waals surface area contributed by atoms with Crippen molar-refractivity contribution in [1.29, 1.82) is 0 Å². The van der Waals surface area contributed by atoms with Gasteiger partial charge in [0, 0.05) is 18.8 Å². The second-order valence-electron chi connectivity index (χ2n) is 3.63. The maximum absolute atomic E-state index is 11.3. The zero-order valence-electron chi connectivity index (χ0n) is 8.62. The summed E-state index contributed by atoms with van der Waals surface area (Å²) in [6.07, 6.45) is 3.48. The van der Waals surface area contributed by atoms with Gasteiger partial charge in [0.15, 0.2) is 0 Å². The largest absolute Gasteiger partial charge is 0.328 e. The maximum Gasteiger partial charge on any atom is 0.328 e. The summed E-state index contributed by atoms with van der Waals surface area (Å²) in [7, 11) is 0. The maximum atomic E-state index is 11.3. The number of H-pyrrole nitrogens is 1. The summed E-state index contributed by atoms with van der Waals surface area (Å²) in [5.74, 6) is 0.362. The van der Waals surface area contributed by atoms with Gasteiger partial charge in [-0.3, -0.25) is 9.36 Å². The van der Waals surface area contributed by atoms with E-state index in [1.807, 2.05) is 6.92 Å². The number of nitrogens with zero attached hydrogens (tertiary/aromatic N) is 1. The van der Waals surface area contributed by atoms with Crippen molar-refractivity contribution < 1.29 is 0 Å². The molecule has 1 unspecified atom stereocenters. The number of hydrogen-bond acceptors (Lipinski definition) is 2. The molecule has 0 aliphatic carbocycles. The van der Waals surface area contributed by atoms with E-state index in [0.717, 1.165) is 12.8 Å². The van der Waals surface area contributed by atoms with E-state index in [4.69, 9.17) is 0 Å². The molecular weight excluding hydrogens is 180 g/mol. The normalized spacial score (nSPS) is 12.7. The van der Waals surface area contributed by atoms with Crippen LogP contribution in [0, 0.1) is 5.92 Å². The predicted molar refractivity (Wildman–Crippen MR) is 55.4 cm³/mol. The van der Waals surface area contributed by atoms with Crippen LogP contribution < -0.4 is 11.2 Å². The van der Waals surface area contributed by atoms with Gasteiger partial charge in [0.1, 0.15) is 0 Å². The Morgan fingerprint density at radius 1 is 1.50 bits per heavy atom. The van der Waals surface area contributed by atoms with Crippen molar-refractivity contribution in [3.8, 4) is 0 Å². The first-order chi connectivity index (χ1) is 6.65. The van der Waals surface area contributed by atoms with Crippen LogP contribution in [0.1, 0.15) is 26.7 Å². The van der Waals surface area contributed by atoms with Crippen LogP contribution in [0.5, 0.6) is 0 Å². The zero-order valence-corrected chi connectivity index (χ0v) is 8.62. The highest BCUT2D eigenvalue weighted by atomic mass is 16.2. The minimum Gasteiger partial charge on any atom is -0.314 e. The van der Waals surface area contributed by atoms with Crippen LogP contribution >= 0.6 is 0 Å². The van der Waals surface area contributed by atoms with Crippen molar-refractivity contribution in [2.45, 2.75) is 33.2 Å². The molecule has 14 heavy (non-hydrogen) atoms. The van der Waals surface area contributed by atoms with Gasteiger partial charge in [0.2, 0.25) is 0 Å².